The Hall–Kier alpha value is -0.850. The molecule has 0 amide bonds. The molecule has 0 fully saturated rings. The van der Waals surface area contributed by atoms with Crippen LogP contribution in [0.15, 0.2) is 28.9 Å². The SMILES string of the molecule is CCC/C=C/C1=CCC(C)C=N1. The van der Waals surface area contributed by atoms with Crippen LogP contribution in [0.3, 0.4) is 0 Å². The molecular weight excluding hydrogens is 146 g/mol. The van der Waals surface area contributed by atoms with E-state index in [9.17, 15) is 0 Å². The lowest BCUT2D eigenvalue weighted by atomic mass is 10.1. The van der Waals surface area contributed by atoms with Gasteiger partial charge < -0.3 is 0 Å². The predicted octanol–water partition coefficient (Wildman–Crippen LogP) is 3.34. The topological polar surface area (TPSA) is 12.4 Å². The Kier molecular flexibility index (Phi) is 3.78. The summed E-state index contributed by atoms with van der Waals surface area (Å²) in [4.78, 5) is 4.33. The van der Waals surface area contributed by atoms with Crippen molar-refractivity contribution in [3.63, 3.8) is 0 Å². The maximum absolute atomic E-state index is 4.33. The van der Waals surface area contributed by atoms with Crippen LogP contribution in [0, 0.1) is 5.92 Å². The average Bonchev–Trinajstić information content (AvgIpc) is 2.09. The molecule has 0 aliphatic carbocycles. The fraction of sp³-hybridized carbons (Fsp3) is 0.545. The van der Waals surface area contributed by atoms with E-state index in [1.165, 1.54) is 6.42 Å². The zero-order valence-electron chi connectivity index (χ0n) is 7.96. The molecule has 12 heavy (non-hydrogen) atoms. The zero-order chi connectivity index (χ0) is 8.81. The lowest BCUT2D eigenvalue weighted by Gasteiger charge is -2.07. The molecule has 1 rings (SSSR count). The monoisotopic (exact) mass is 163 g/mol. The third-order valence-corrected chi connectivity index (χ3v) is 1.92. The van der Waals surface area contributed by atoms with Crippen LogP contribution < -0.4 is 0 Å². The van der Waals surface area contributed by atoms with Crippen LogP contribution >= 0.6 is 0 Å². The van der Waals surface area contributed by atoms with E-state index in [1.807, 2.05) is 6.21 Å². The number of nitrogens with zero attached hydrogens (tertiary/aromatic N) is 1. The first kappa shape index (κ1) is 9.24. The zero-order valence-corrected chi connectivity index (χ0v) is 7.96. The van der Waals surface area contributed by atoms with E-state index in [0.29, 0.717) is 5.92 Å². The van der Waals surface area contributed by atoms with Crippen molar-refractivity contribution in [2.45, 2.75) is 33.1 Å². The van der Waals surface area contributed by atoms with Gasteiger partial charge in [-0.25, -0.2) is 0 Å². The van der Waals surface area contributed by atoms with Gasteiger partial charge in [-0.15, -0.1) is 0 Å². The van der Waals surface area contributed by atoms with Crippen molar-refractivity contribution in [3.05, 3.63) is 23.9 Å². The average molecular weight is 163 g/mol. The first-order valence-corrected chi connectivity index (χ1v) is 4.74. The summed E-state index contributed by atoms with van der Waals surface area (Å²) in [5.41, 5.74) is 1.13. The predicted molar refractivity (Wildman–Crippen MR) is 54.4 cm³/mol. The van der Waals surface area contributed by atoms with E-state index in [1.54, 1.807) is 0 Å². The minimum atomic E-state index is 0.619. The highest BCUT2D eigenvalue weighted by atomic mass is 14.7. The number of hydrogen-bond acceptors (Lipinski definition) is 1. The summed E-state index contributed by atoms with van der Waals surface area (Å²) >= 11 is 0. The molecule has 1 heteroatoms. The maximum atomic E-state index is 4.33. The van der Waals surface area contributed by atoms with E-state index < -0.39 is 0 Å². The van der Waals surface area contributed by atoms with Gasteiger partial charge in [-0.2, -0.15) is 0 Å². The normalized spacial score (nSPS) is 23.2. The lowest BCUT2D eigenvalue weighted by molar-refractivity contribution is 0.789. The second kappa shape index (κ2) is 4.91. The van der Waals surface area contributed by atoms with Crippen LogP contribution in [0.2, 0.25) is 0 Å². The molecule has 0 aromatic rings. The number of unbranched alkanes of at least 4 members (excludes halogenated alkanes) is 1. The standard InChI is InChI=1S/C11H17N/c1-3-4-5-6-11-8-7-10(2)9-12-11/h5-6,8-10H,3-4,7H2,1-2H3/b6-5+. The number of aliphatic imine (C=N–C) groups is 1. The van der Waals surface area contributed by atoms with Gasteiger partial charge in [0.05, 0.1) is 5.70 Å². The molecule has 0 spiro atoms. The molecule has 1 heterocycles. The van der Waals surface area contributed by atoms with Crippen molar-refractivity contribution in [2.24, 2.45) is 10.9 Å². The first-order chi connectivity index (χ1) is 5.83. The molecule has 0 bridgehead atoms. The van der Waals surface area contributed by atoms with Crippen LogP contribution in [-0.2, 0) is 0 Å². The minimum Gasteiger partial charge on any atom is -0.261 e. The fourth-order valence-electron chi connectivity index (χ4n) is 1.12. The Morgan fingerprint density at radius 2 is 2.50 bits per heavy atom. The summed E-state index contributed by atoms with van der Waals surface area (Å²) in [6, 6.07) is 0. The highest BCUT2D eigenvalue weighted by molar-refractivity contribution is 5.64. The van der Waals surface area contributed by atoms with Crippen molar-refractivity contribution in [2.75, 3.05) is 0 Å². The summed E-state index contributed by atoms with van der Waals surface area (Å²) in [6.07, 6.45) is 12.1. The molecule has 1 unspecified atom stereocenters. The molecule has 66 valence electrons. The third kappa shape index (κ3) is 3.04. The van der Waals surface area contributed by atoms with E-state index in [0.717, 1.165) is 18.5 Å². The van der Waals surface area contributed by atoms with Crippen LogP contribution in [0.25, 0.3) is 0 Å². The number of hydrogen-bond donors (Lipinski definition) is 0. The quantitative estimate of drug-likeness (QED) is 0.605. The number of allylic oxidation sites excluding steroid dienone is 3. The Balaban J connectivity index is 2.39. The van der Waals surface area contributed by atoms with Gasteiger partial charge in [0.2, 0.25) is 0 Å². The van der Waals surface area contributed by atoms with Crippen molar-refractivity contribution in [1.29, 1.82) is 0 Å². The van der Waals surface area contributed by atoms with E-state index in [4.69, 9.17) is 0 Å². The van der Waals surface area contributed by atoms with E-state index in [-0.39, 0.29) is 0 Å². The number of rotatable bonds is 3. The molecule has 0 aromatic carbocycles. The smallest absolute Gasteiger partial charge is 0.0583 e. The van der Waals surface area contributed by atoms with Crippen molar-refractivity contribution < 1.29 is 0 Å². The molecule has 1 aliphatic rings. The molecule has 0 N–H and O–H groups in total. The summed E-state index contributed by atoms with van der Waals surface area (Å²) in [7, 11) is 0. The molecule has 0 radical (unpaired) electrons. The molecule has 1 aliphatic heterocycles. The highest BCUT2D eigenvalue weighted by Crippen LogP contribution is 2.12. The van der Waals surface area contributed by atoms with Gasteiger partial charge in [-0.05, 0) is 24.8 Å². The van der Waals surface area contributed by atoms with Crippen LogP contribution in [0.5, 0.6) is 0 Å². The third-order valence-electron chi connectivity index (χ3n) is 1.92. The van der Waals surface area contributed by atoms with Gasteiger partial charge in [-0.1, -0.05) is 32.4 Å². The Bertz CT molecular complexity index is 211. The van der Waals surface area contributed by atoms with Gasteiger partial charge in [0.15, 0.2) is 0 Å². The van der Waals surface area contributed by atoms with E-state index >= 15 is 0 Å². The molecule has 0 saturated heterocycles. The van der Waals surface area contributed by atoms with Crippen LogP contribution in [0.1, 0.15) is 33.1 Å². The largest absolute Gasteiger partial charge is 0.261 e. The van der Waals surface area contributed by atoms with Crippen molar-refractivity contribution in [3.8, 4) is 0 Å². The maximum Gasteiger partial charge on any atom is 0.0583 e. The van der Waals surface area contributed by atoms with Gasteiger partial charge >= 0.3 is 0 Å². The van der Waals surface area contributed by atoms with Gasteiger partial charge in [0.25, 0.3) is 0 Å². The molecule has 1 nitrogen and oxygen atoms in total. The van der Waals surface area contributed by atoms with Crippen molar-refractivity contribution >= 4 is 6.21 Å². The van der Waals surface area contributed by atoms with Crippen LogP contribution in [-0.4, -0.2) is 6.21 Å². The Labute approximate surface area is 74.9 Å². The second-order valence-electron chi connectivity index (χ2n) is 3.31. The molecular formula is C11H17N. The molecule has 0 saturated carbocycles. The Morgan fingerprint density at radius 1 is 1.67 bits per heavy atom. The summed E-state index contributed by atoms with van der Waals surface area (Å²) in [5.74, 6) is 0.619. The van der Waals surface area contributed by atoms with Crippen molar-refractivity contribution in [1.82, 2.24) is 0 Å². The molecule has 1 atom stereocenters. The summed E-state index contributed by atoms with van der Waals surface area (Å²) < 4.78 is 0. The summed E-state index contributed by atoms with van der Waals surface area (Å²) in [5, 5.41) is 0. The van der Waals surface area contributed by atoms with Crippen LogP contribution in [0.4, 0.5) is 0 Å². The van der Waals surface area contributed by atoms with Gasteiger partial charge in [-0.3, -0.25) is 4.99 Å². The lowest BCUT2D eigenvalue weighted by Crippen LogP contribution is -1.98. The van der Waals surface area contributed by atoms with Gasteiger partial charge in [0, 0.05) is 6.21 Å². The first-order valence-electron chi connectivity index (χ1n) is 4.74. The molecule has 0 aromatic heterocycles. The second-order valence-corrected chi connectivity index (χ2v) is 3.31. The van der Waals surface area contributed by atoms with E-state index in [2.05, 4.69) is 37.1 Å². The Morgan fingerprint density at radius 3 is 3.08 bits per heavy atom. The summed E-state index contributed by atoms with van der Waals surface area (Å²) in [6.45, 7) is 4.37. The minimum absolute atomic E-state index is 0.619. The highest BCUT2D eigenvalue weighted by Gasteiger charge is 2.01. The fourth-order valence-corrected chi connectivity index (χ4v) is 1.12. The van der Waals surface area contributed by atoms with Gasteiger partial charge in [0.1, 0.15) is 0 Å².